The standard InChI is InChI=1S/C5H9NO3/c1-2-3-4-9-5-6(7)8/h2-3H,4-5H2,1H3. The van der Waals surface area contributed by atoms with E-state index < -0.39 is 11.7 Å². The summed E-state index contributed by atoms with van der Waals surface area (Å²) in [7, 11) is 0. The Morgan fingerprint density at radius 1 is 1.78 bits per heavy atom. The number of rotatable bonds is 4. The number of nitro groups is 1. The van der Waals surface area contributed by atoms with Gasteiger partial charge >= 0.3 is 6.73 Å². The molecule has 4 nitrogen and oxygen atoms in total. The van der Waals surface area contributed by atoms with Gasteiger partial charge in [0.25, 0.3) is 0 Å². The van der Waals surface area contributed by atoms with Crippen molar-refractivity contribution in [1.82, 2.24) is 0 Å². The zero-order chi connectivity index (χ0) is 7.11. The Balaban J connectivity index is 3.01. The highest BCUT2D eigenvalue weighted by atomic mass is 16.7. The van der Waals surface area contributed by atoms with Crippen LogP contribution in [-0.2, 0) is 4.74 Å². The van der Waals surface area contributed by atoms with Crippen LogP contribution in [0.25, 0.3) is 0 Å². The summed E-state index contributed by atoms with van der Waals surface area (Å²) in [5.41, 5.74) is 0. The van der Waals surface area contributed by atoms with E-state index in [0.29, 0.717) is 6.61 Å². The van der Waals surface area contributed by atoms with E-state index in [1.54, 1.807) is 12.2 Å². The molecule has 0 radical (unpaired) electrons. The van der Waals surface area contributed by atoms with Crippen LogP contribution in [0.3, 0.4) is 0 Å². The highest BCUT2D eigenvalue weighted by molar-refractivity contribution is 4.75. The van der Waals surface area contributed by atoms with E-state index in [9.17, 15) is 10.1 Å². The van der Waals surface area contributed by atoms with E-state index in [-0.39, 0.29) is 0 Å². The Morgan fingerprint density at radius 3 is 2.89 bits per heavy atom. The van der Waals surface area contributed by atoms with Crippen LogP contribution in [0.1, 0.15) is 6.92 Å². The first-order valence-corrected chi connectivity index (χ1v) is 2.58. The predicted molar refractivity (Wildman–Crippen MR) is 32.6 cm³/mol. The molecule has 0 atom stereocenters. The third-order valence-corrected chi connectivity index (χ3v) is 0.646. The third kappa shape index (κ3) is 7.10. The lowest BCUT2D eigenvalue weighted by atomic mass is 10.6. The molecule has 0 aromatic carbocycles. The summed E-state index contributed by atoms with van der Waals surface area (Å²) in [5.74, 6) is 0. The van der Waals surface area contributed by atoms with Gasteiger partial charge < -0.3 is 4.74 Å². The lowest BCUT2D eigenvalue weighted by molar-refractivity contribution is -0.525. The minimum absolute atomic E-state index is 0.317. The fourth-order valence-electron chi connectivity index (χ4n) is 0.292. The minimum Gasteiger partial charge on any atom is -0.315 e. The number of allylic oxidation sites excluding steroid dienone is 1. The van der Waals surface area contributed by atoms with E-state index in [1.165, 1.54) is 0 Å². The van der Waals surface area contributed by atoms with Gasteiger partial charge in [-0.25, -0.2) is 0 Å². The topological polar surface area (TPSA) is 52.4 Å². The normalized spacial score (nSPS) is 10.3. The van der Waals surface area contributed by atoms with Crippen LogP contribution < -0.4 is 0 Å². The van der Waals surface area contributed by atoms with Crippen LogP contribution in [0.15, 0.2) is 12.2 Å². The monoisotopic (exact) mass is 131 g/mol. The Kier molecular flexibility index (Phi) is 4.72. The summed E-state index contributed by atoms with van der Waals surface area (Å²) < 4.78 is 4.55. The Morgan fingerprint density at radius 2 is 2.44 bits per heavy atom. The number of ether oxygens (including phenoxy) is 1. The van der Waals surface area contributed by atoms with Gasteiger partial charge in [0.2, 0.25) is 0 Å². The lowest BCUT2D eigenvalue weighted by Crippen LogP contribution is -2.04. The Hall–Kier alpha value is -0.900. The van der Waals surface area contributed by atoms with Crippen molar-refractivity contribution in [2.24, 2.45) is 0 Å². The van der Waals surface area contributed by atoms with Gasteiger partial charge in [-0.15, -0.1) is 0 Å². The summed E-state index contributed by atoms with van der Waals surface area (Å²) >= 11 is 0. The molecule has 0 fully saturated rings. The third-order valence-electron chi connectivity index (χ3n) is 0.646. The lowest BCUT2D eigenvalue weighted by Gasteiger charge is -1.90. The van der Waals surface area contributed by atoms with Gasteiger partial charge in [0.15, 0.2) is 0 Å². The molecule has 0 saturated heterocycles. The fourth-order valence-corrected chi connectivity index (χ4v) is 0.292. The van der Waals surface area contributed by atoms with E-state index in [1.807, 2.05) is 6.92 Å². The Labute approximate surface area is 53.3 Å². The maximum atomic E-state index is 9.62. The predicted octanol–water partition coefficient (Wildman–Crippen LogP) is 0.813. The van der Waals surface area contributed by atoms with E-state index >= 15 is 0 Å². The number of hydrogen-bond donors (Lipinski definition) is 0. The summed E-state index contributed by atoms with van der Waals surface area (Å²) in [4.78, 5) is 9.11. The quantitative estimate of drug-likeness (QED) is 0.186. The molecule has 0 heterocycles. The molecule has 0 aromatic rings. The molecule has 0 amide bonds. The Bertz CT molecular complexity index is 111. The second-order valence-corrected chi connectivity index (χ2v) is 1.40. The molecule has 4 heteroatoms. The first-order chi connectivity index (χ1) is 4.27. The highest BCUT2D eigenvalue weighted by Crippen LogP contribution is 1.76. The van der Waals surface area contributed by atoms with Crippen LogP contribution in [0.5, 0.6) is 0 Å². The van der Waals surface area contributed by atoms with Crippen molar-refractivity contribution in [1.29, 1.82) is 0 Å². The molecule has 9 heavy (non-hydrogen) atoms. The fraction of sp³-hybridized carbons (Fsp3) is 0.600. The molecule has 0 rings (SSSR count). The molecular formula is C5H9NO3. The molecule has 0 aliphatic heterocycles. The van der Waals surface area contributed by atoms with Crippen LogP contribution in [-0.4, -0.2) is 18.3 Å². The van der Waals surface area contributed by atoms with Gasteiger partial charge in [-0.1, -0.05) is 12.2 Å². The van der Waals surface area contributed by atoms with Gasteiger partial charge in [0.05, 0.1) is 6.61 Å². The van der Waals surface area contributed by atoms with Crippen LogP contribution in [0.2, 0.25) is 0 Å². The van der Waals surface area contributed by atoms with E-state index in [2.05, 4.69) is 4.74 Å². The molecule has 0 N–H and O–H groups in total. The smallest absolute Gasteiger partial charge is 0.306 e. The average molecular weight is 131 g/mol. The second kappa shape index (κ2) is 5.24. The minimum atomic E-state index is -0.510. The largest absolute Gasteiger partial charge is 0.315 e. The van der Waals surface area contributed by atoms with E-state index in [4.69, 9.17) is 0 Å². The van der Waals surface area contributed by atoms with Crippen molar-refractivity contribution in [3.8, 4) is 0 Å². The van der Waals surface area contributed by atoms with Crippen LogP contribution in [0, 0.1) is 10.1 Å². The molecule has 0 aliphatic carbocycles. The van der Waals surface area contributed by atoms with Crippen LogP contribution in [0.4, 0.5) is 0 Å². The van der Waals surface area contributed by atoms with Crippen molar-refractivity contribution in [3.63, 3.8) is 0 Å². The van der Waals surface area contributed by atoms with Crippen molar-refractivity contribution in [2.45, 2.75) is 6.92 Å². The van der Waals surface area contributed by atoms with Crippen LogP contribution >= 0.6 is 0 Å². The molecule has 0 aromatic heterocycles. The first-order valence-electron chi connectivity index (χ1n) is 2.58. The van der Waals surface area contributed by atoms with Gasteiger partial charge in [0.1, 0.15) is 0 Å². The van der Waals surface area contributed by atoms with Crippen molar-refractivity contribution < 1.29 is 9.66 Å². The maximum Gasteiger partial charge on any atom is 0.306 e. The first kappa shape index (κ1) is 8.10. The highest BCUT2D eigenvalue weighted by Gasteiger charge is 1.90. The molecular weight excluding hydrogens is 122 g/mol. The number of nitrogens with zero attached hydrogens (tertiary/aromatic N) is 1. The summed E-state index contributed by atoms with van der Waals surface area (Å²) in [6.45, 7) is 1.73. The second-order valence-electron chi connectivity index (χ2n) is 1.40. The number of hydrogen-bond acceptors (Lipinski definition) is 3. The molecule has 0 aliphatic rings. The zero-order valence-electron chi connectivity index (χ0n) is 5.24. The van der Waals surface area contributed by atoms with Crippen molar-refractivity contribution >= 4 is 0 Å². The summed E-state index contributed by atoms with van der Waals surface area (Å²) in [5, 5.41) is 9.62. The maximum absolute atomic E-state index is 9.62. The molecule has 0 saturated carbocycles. The molecule has 0 bridgehead atoms. The molecule has 0 spiro atoms. The van der Waals surface area contributed by atoms with Gasteiger partial charge in [-0.05, 0) is 6.92 Å². The van der Waals surface area contributed by atoms with Crippen molar-refractivity contribution in [3.05, 3.63) is 22.3 Å². The summed E-state index contributed by atoms with van der Waals surface area (Å²) in [6.07, 6.45) is 3.49. The SMILES string of the molecule is CC=CCOC[N+](=O)[O-]. The molecule has 0 unspecified atom stereocenters. The zero-order valence-corrected chi connectivity index (χ0v) is 5.24. The van der Waals surface area contributed by atoms with E-state index in [0.717, 1.165) is 0 Å². The van der Waals surface area contributed by atoms with Gasteiger partial charge in [-0.3, -0.25) is 10.1 Å². The van der Waals surface area contributed by atoms with Gasteiger partial charge in [0, 0.05) is 4.92 Å². The van der Waals surface area contributed by atoms with Gasteiger partial charge in [-0.2, -0.15) is 0 Å². The molecule has 52 valence electrons. The summed E-state index contributed by atoms with van der Waals surface area (Å²) in [6, 6.07) is 0. The van der Waals surface area contributed by atoms with Crippen molar-refractivity contribution in [2.75, 3.05) is 13.3 Å². The average Bonchev–Trinajstić information content (AvgIpc) is 1.80.